The first kappa shape index (κ1) is 19.6. The van der Waals surface area contributed by atoms with Crippen LogP contribution in [0.3, 0.4) is 0 Å². The number of aromatic nitrogens is 2. The molecule has 0 spiro atoms. The largest absolute Gasteiger partial charge is 0.353 e. The number of nitrogens with zero attached hydrogens (tertiary/aromatic N) is 3. The number of aryl methyl sites for hydroxylation is 1. The Balaban J connectivity index is 1.86. The highest BCUT2D eigenvalue weighted by Gasteiger charge is 2.23. The molecule has 0 atom stereocenters. The zero-order valence-electron chi connectivity index (χ0n) is 15.4. The van der Waals surface area contributed by atoms with Gasteiger partial charge in [-0.2, -0.15) is 0 Å². The Bertz CT molecular complexity index is 963. The Kier molecular flexibility index (Phi) is 6.39. The summed E-state index contributed by atoms with van der Waals surface area (Å²) in [5, 5.41) is 18.2. The van der Waals surface area contributed by atoms with Crippen LogP contribution in [0.4, 0.5) is 28.7 Å². The highest BCUT2D eigenvalue weighted by molar-refractivity contribution is 6.30. The molecule has 2 aromatic carbocycles. The average Bonchev–Trinajstić information content (AvgIpc) is 2.67. The van der Waals surface area contributed by atoms with E-state index in [2.05, 4.69) is 27.5 Å². The first-order valence-electron chi connectivity index (χ1n) is 8.94. The average molecular weight is 398 g/mol. The fraction of sp³-hybridized carbons (Fsp3) is 0.200. The quantitative estimate of drug-likeness (QED) is 0.365. The predicted octanol–water partition coefficient (Wildman–Crippen LogP) is 5.87. The Morgan fingerprint density at radius 1 is 1.04 bits per heavy atom. The van der Waals surface area contributed by atoms with E-state index in [0.29, 0.717) is 10.7 Å². The number of halogens is 1. The van der Waals surface area contributed by atoms with Gasteiger partial charge in [0.2, 0.25) is 11.6 Å². The second-order valence-corrected chi connectivity index (χ2v) is 6.67. The predicted molar refractivity (Wildman–Crippen MR) is 112 cm³/mol. The zero-order valence-corrected chi connectivity index (χ0v) is 16.1. The molecular formula is C20H20ClN5O2. The Hall–Kier alpha value is -3.19. The summed E-state index contributed by atoms with van der Waals surface area (Å²) in [5.41, 5.74) is 2.31. The lowest BCUT2D eigenvalue weighted by Crippen LogP contribution is -2.05. The molecule has 0 fully saturated rings. The minimum atomic E-state index is -0.509. The first-order chi connectivity index (χ1) is 13.6. The third-order valence-electron chi connectivity index (χ3n) is 4.13. The van der Waals surface area contributed by atoms with Crippen molar-refractivity contribution < 1.29 is 4.92 Å². The number of rotatable bonds is 8. The molecule has 1 aromatic heterocycles. The van der Waals surface area contributed by atoms with Gasteiger partial charge >= 0.3 is 5.69 Å². The summed E-state index contributed by atoms with van der Waals surface area (Å²) < 4.78 is 0. The lowest BCUT2D eigenvalue weighted by Gasteiger charge is -2.11. The van der Waals surface area contributed by atoms with Crippen LogP contribution in [0.15, 0.2) is 54.9 Å². The molecule has 2 N–H and O–H groups in total. The molecule has 0 aliphatic heterocycles. The van der Waals surface area contributed by atoms with Crippen molar-refractivity contribution in [2.45, 2.75) is 26.2 Å². The number of hydrogen-bond acceptors (Lipinski definition) is 6. The van der Waals surface area contributed by atoms with Gasteiger partial charge in [-0.05, 0) is 48.7 Å². The van der Waals surface area contributed by atoms with E-state index in [0.717, 1.165) is 24.9 Å². The van der Waals surface area contributed by atoms with Crippen LogP contribution in [0.5, 0.6) is 0 Å². The van der Waals surface area contributed by atoms with E-state index in [-0.39, 0.29) is 17.3 Å². The van der Waals surface area contributed by atoms with Crippen molar-refractivity contribution in [1.29, 1.82) is 0 Å². The van der Waals surface area contributed by atoms with E-state index in [4.69, 9.17) is 11.6 Å². The van der Waals surface area contributed by atoms with Crippen LogP contribution in [0, 0.1) is 10.1 Å². The van der Waals surface area contributed by atoms with Gasteiger partial charge < -0.3 is 10.6 Å². The minimum Gasteiger partial charge on any atom is -0.334 e. The van der Waals surface area contributed by atoms with Crippen molar-refractivity contribution in [3.8, 4) is 0 Å². The molecule has 7 nitrogen and oxygen atoms in total. The molecular weight excluding hydrogens is 378 g/mol. The lowest BCUT2D eigenvalue weighted by molar-refractivity contribution is -0.383. The molecule has 0 bridgehead atoms. The minimum absolute atomic E-state index is 0.0873. The second kappa shape index (κ2) is 9.14. The second-order valence-electron chi connectivity index (χ2n) is 6.24. The SMILES string of the molecule is CCCCc1ccc(Nc2ncnc(Nc3cccc(Cl)c3)c2[N+](=O)[O-])cc1. The summed E-state index contributed by atoms with van der Waals surface area (Å²) >= 11 is 5.98. The maximum Gasteiger partial charge on any atom is 0.353 e. The molecule has 8 heteroatoms. The van der Waals surface area contributed by atoms with Crippen LogP contribution in [-0.2, 0) is 6.42 Å². The molecule has 28 heavy (non-hydrogen) atoms. The van der Waals surface area contributed by atoms with Crippen molar-refractivity contribution in [1.82, 2.24) is 9.97 Å². The van der Waals surface area contributed by atoms with Crippen molar-refractivity contribution in [2.24, 2.45) is 0 Å². The fourth-order valence-corrected chi connectivity index (χ4v) is 2.90. The normalized spacial score (nSPS) is 10.5. The van der Waals surface area contributed by atoms with E-state index in [1.54, 1.807) is 24.3 Å². The molecule has 0 radical (unpaired) electrons. The summed E-state index contributed by atoms with van der Waals surface area (Å²) in [6.07, 6.45) is 4.55. The highest BCUT2D eigenvalue weighted by atomic mass is 35.5. The molecule has 0 aliphatic rings. The third kappa shape index (κ3) is 4.95. The van der Waals surface area contributed by atoms with Crippen LogP contribution >= 0.6 is 11.6 Å². The van der Waals surface area contributed by atoms with Crippen molar-refractivity contribution in [3.63, 3.8) is 0 Å². The molecule has 0 amide bonds. The van der Waals surface area contributed by atoms with Gasteiger partial charge in [-0.15, -0.1) is 0 Å². The molecule has 0 saturated heterocycles. The van der Waals surface area contributed by atoms with Gasteiger partial charge in [0.15, 0.2) is 0 Å². The molecule has 144 valence electrons. The number of hydrogen-bond donors (Lipinski definition) is 2. The number of anilines is 4. The molecule has 3 aromatic rings. The summed E-state index contributed by atoms with van der Waals surface area (Å²) in [6.45, 7) is 2.15. The number of nitrogens with one attached hydrogen (secondary N) is 2. The lowest BCUT2D eigenvalue weighted by atomic mass is 10.1. The summed E-state index contributed by atoms with van der Waals surface area (Å²) in [7, 11) is 0. The molecule has 0 saturated carbocycles. The van der Waals surface area contributed by atoms with Gasteiger partial charge in [0.05, 0.1) is 4.92 Å². The molecule has 3 rings (SSSR count). The van der Waals surface area contributed by atoms with Crippen molar-refractivity contribution in [3.05, 3.63) is 75.6 Å². The van der Waals surface area contributed by atoms with Crippen LogP contribution in [0.25, 0.3) is 0 Å². The van der Waals surface area contributed by atoms with Gasteiger partial charge in [-0.3, -0.25) is 10.1 Å². The Morgan fingerprint density at radius 3 is 2.32 bits per heavy atom. The van der Waals surface area contributed by atoms with Gasteiger partial charge in [0, 0.05) is 16.4 Å². The Morgan fingerprint density at radius 2 is 1.71 bits per heavy atom. The van der Waals surface area contributed by atoms with E-state index >= 15 is 0 Å². The van der Waals surface area contributed by atoms with E-state index in [9.17, 15) is 10.1 Å². The van der Waals surface area contributed by atoms with E-state index in [1.165, 1.54) is 11.9 Å². The monoisotopic (exact) mass is 397 g/mol. The number of nitro groups is 1. The Labute approximate surface area is 168 Å². The van der Waals surface area contributed by atoms with Gasteiger partial charge in [-0.25, -0.2) is 9.97 Å². The van der Waals surface area contributed by atoms with E-state index in [1.807, 2.05) is 24.3 Å². The first-order valence-corrected chi connectivity index (χ1v) is 9.32. The van der Waals surface area contributed by atoms with Gasteiger partial charge in [0.25, 0.3) is 0 Å². The molecule has 0 aliphatic carbocycles. The molecule has 1 heterocycles. The van der Waals surface area contributed by atoms with Crippen molar-refractivity contribution >= 4 is 40.3 Å². The van der Waals surface area contributed by atoms with Crippen molar-refractivity contribution in [2.75, 3.05) is 10.6 Å². The number of benzene rings is 2. The van der Waals surface area contributed by atoms with Gasteiger partial charge in [0.1, 0.15) is 6.33 Å². The van der Waals surface area contributed by atoms with Crippen LogP contribution in [0.1, 0.15) is 25.3 Å². The van der Waals surface area contributed by atoms with E-state index < -0.39 is 4.92 Å². The third-order valence-corrected chi connectivity index (χ3v) is 4.36. The molecule has 0 unspecified atom stereocenters. The standard InChI is InChI=1S/C20H20ClN5O2/c1-2-3-5-14-8-10-16(11-9-14)24-19-18(26(27)28)20(23-13-22-19)25-17-7-4-6-15(21)12-17/h4,6-13H,2-3,5H2,1H3,(H2,22,23,24,25). The summed E-state index contributed by atoms with van der Waals surface area (Å²) in [5.74, 6) is 0.204. The highest BCUT2D eigenvalue weighted by Crippen LogP contribution is 2.33. The maximum atomic E-state index is 11.7. The smallest absolute Gasteiger partial charge is 0.334 e. The zero-order chi connectivity index (χ0) is 19.9. The van der Waals surface area contributed by atoms with Crippen LogP contribution in [0.2, 0.25) is 5.02 Å². The van der Waals surface area contributed by atoms with Crippen LogP contribution < -0.4 is 10.6 Å². The topological polar surface area (TPSA) is 93.0 Å². The fourth-order valence-electron chi connectivity index (χ4n) is 2.71. The van der Waals surface area contributed by atoms with Crippen LogP contribution in [-0.4, -0.2) is 14.9 Å². The summed E-state index contributed by atoms with van der Waals surface area (Å²) in [4.78, 5) is 19.3. The number of unbranched alkanes of at least 4 members (excludes halogenated alkanes) is 1. The summed E-state index contributed by atoms with van der Waals surface area (Å²) in [6, 6.07) is 14.7. The maximum absolute atomic E-state index is 11.7. The van der Waals surface area contributed by atoms with Gasteiger partial charge in [-0.1, -0.05) is 43.1 Å².